The molecule has 2 saturated carbocycles. The Hall–Kier alpha value is -3.28. The molecule has 1 aromatic heterocycles. The number of cyclic esters (lactones) is 1. The zero-order valence-corrected chi connectivity index (χ0v) is 22.4. The molecule has 0 aromatic carbocycles. The number of esters is 2. The fourth-order valence-electron chi connectivity index (χ4n) is 7.10. The number of carbonyl (C=O) groups is 2. The average Bonchev–Trinajstić information content (AvgIpc) is 3.57. The number of aliphatic hydroxyl groups is 2. The number of hydrogen-bond acceptors (Lipinski definition) is 10. The van der Waals surface area contributed by atoms with Crippen LogP contribution < -0.4 is 11.3 Å². The van der Waals surface area contributed by atoms with Crippen molar-refractivity contribution in [2.24, 2.45) is 22.7 Å². The normalized spacial score (nSPS) is 36.9. The van der Waals surface area contributed by atoms with Crippen LogP contribution in [0.15, 0.2) is 40.6 Å². The van der Waals surface area contributed by atoms with Crippen LogP contribution in [0.2, 0.25) is 0 Å². The molecule has 5 N–H and O–H groups in total. The van der Waals surface area contributed by atoms with E-state index < -0.39 is 29.0 Å². The summed E-state index contributed by atoms with van der Waals surface area (Å²) in [5.74, 6) is -1.77. The molecule has 5 rings (SSSR count). The molecule has 0 bridgehead atoms. The molecule has 210 valence electrons. The van der Waals surface area contributed by atoms with Crippen molar-refractivity contribution in [2.45, 2.75) is 58.2 Å². The van der Waals surface area contributed by atoms with Crippen LogP contribution in [0, 0.1) is 22.7 Å². The number of aromatic nitrogens is 2. The molecular formula is C28H35N3O8. The van der Waals surface area contributed by atoms with Crippen molar-refractivity contribution >= 4 is 23.5 Å². The van der Waals surface area contributed by atoms with Crippen LogP contribution in [-0.4, -0.2) is 63.6 Å². The standard InChI is InChI=1S/C28H35N3O8/c1-4-37-24(36)21(16-12-30-25(29)31-22(16)34)17-11-15(23(35)39-17)5-6-19-26(2)9-8-20(33)27(3,13-32)18(26)7-10-28(19)14-38-28/h5-6,11-12,18-20,32-33H,4,7-10,13-14H2,1-3H3,(H3,29,30,31,34)/b6-5+,21-17-/t18?,19?,20-,26-,27-,28?/m0/s1. The first-order valence-electron chi connectivity index (χ1n) is 13.3. The molecule has 39 heavy (non-hydrogen) atoms. The average molecular weight is 542 g/mol. The van der Waals surface area contributed by atoms with Crippen LogP contribution in [0.1, 0.15) is 52.0 Å². The van der Waals surface area contributed by atoms with E-state index in [-0.39, 0.29) is 64.5 Å². The van der Waals surface area contributed by atoms with Gasteiger partial charge >= 0.3 is 11.9 Å². The highest BCUT2D eigenvalue weighted by Gasteiger charge is 2.66. The summed E-state index contributed by atoms with van der Waals surface area (Å²) in [6, 6.07) is 0. The number of anilines is 1. The molecule has 1 aromatic rings. The molecule has 0 radical (unpaired) electrons. The van der Waals surface area contributed by atoms with Crippen LogP contribution in [0.25, 0.3) is 5.57 Å². The Labute approximate surface area is 225 Å². The van der Waals surface area contributed by atoms with Crippen molar-refractivity contribution < 1.29 is 34.0 Å². The Kier molecular flexibility index (Phi) is 6.80. The molecule has 3 heterocycles. The summed E-state index contributed by atoms with van der Waals surface area (Å²) in [7, 11) is 0. The largest absolute Gasteiger partial charge is 0.462 e. The zero-order valence-electron chi connectivity index (χ0n) is 22.4. The van der Waals surface area contributed by atoms with Gasteiger partial charge in [0.15, 0.2) is 5.95 Å². The number of nitrogens with zero attached hydrogens (tertiary/aromatic N) is 1. The molecule has 4 aliphatic rings. The van der Waals surface area contributed by atoms with Gasteiger partial charge in [-0.05, 0) is 50.0 Å². The number of nitrogen functional groups attached to an aromatic ring is 1. The fraction of sp³-hybridized carbons (Fsp3) is 0.571. The molecule has 11 nitrogen and oxygen atoms in total. The van der Waals surface area contributed by atoms with E-state index in [1.54, 1.807) is 13.0 Å². The number of carbonyl (C=O) groups excluding carboxylic acids is 2. The molecule has 3 fully saturated rings. The SMILES string of the molecule is CCOC(=O)/C(=C1C=C(/C=C/C2C3(CCC4[C@]2(C)CC[C@H](O)[C@@]4(C)CO)CO3)C(=O)O/1)c1cnc(N)[nH]c1=O. The second-order valence-corrected chi connectivity index (χ2v) is 11.5. The second kappa shape index (κ2) is 9.72. The van der Waals surface area contributed by atoms with Crippen LogP contribution >= 0.6 is 0 Å². The van der Waals surface area contributed by atoms with Gasteiger partial charge in [0.2, 0.25) is 0 Å². The van der Waals surface area contributed by atoms with E-state index in [0.717, 1.165) is 25.5 Å². The summed E-state index contributed by atoms with van der Waals surface area (Å²) in [6.07, 6.45) is 8.53. The topological polar surface area (TPSA) is 177 Å². The maximum atomic E-state index is 12.9. The van der Waals surface area contributed by atoms with E-state index in [1.165, 1.54) is 6.08 Å². The Morgan fingerprint density at radius 1 is 1.31 bits per heavy atom. The molecule has 11 heteroatoms. The Morgan fingerprint density at radius 2 is 2.05 bits per heavy atom. The maximum Gasteiger partial charge on any atom is 0.343 e. The van der Waals surface area contributed by atoms with Crippen LogP contribution in [-0.2, 0) is 23.8 Å². The molecule has 1 saturated heterocycles. The zero-order chi connectivity index (χ0) is 28.2. The number of fused-ring (bicyclic) bond motifs is 1. The lowest BCUT2D eigenvalue weighted by Gasteiger charge is -2.60. The summed E-state index contributed by atoms with van der Waals surface area (Å²) in [5.41, 5.74) is 3.46. The number of H-pyrrole nitrogens is 1. The van der Waals surface area contributed by atoms with Gasteiger partial charge < -0.3 is 30.2 Å². The van der Waals surface area contributed by atoms with Crippen molar-refractivity contribution in [1.29, 1.82) is 0 Å². The minimum Gasteiger partial charge on any atom is -0.462 e. The van der Waals surface area contributed by atoms with E-state index in [0.29, 0.717) is 13.0 Å². The van der Waals surface area contributed by atoms with E-state index >= 15 is 0 Å². The number of ether oxygens (including phenoxy) is 3. The third-order valence-corrected chi connectivity index (χ3v) is 9.31. The fourth-order valence-corrected chi connectivity index (χ4v) is 7.10. The van der Waals surface area contributed by atoms with Gasteiger partial charge in [0.05, 0.1) is 42.7 Å². The predicted molar refractivity (Wildman–Crippen MR) is 140 cm³/mol. The Balaban J connectivity index is 1.53. The molecule has 3 unspecified atom stereocenters. The van der Waals surface area contributed by atoms with Gasteiger partial charge in [0, 0.05) is 17.5 Å². The highest BCUT2D eigenvalue weighted by molar-refractivity contribution is 6.18. The van der Waals surface area contributed by atoms with Gasteiger partial charge in [-0.1, -0.05) is 26.0 Å². The lowest BCUT2D eigenvalue weighted by Crippen LogP contribution is -2.60. The molecular weight excluding hydrogens is 506 g/mol. The Bertz CT molecular complexity index is 1340. The van der Waals surface area contributed by atoms with E-state index in [9.17, 15) is 24.6 Å². The van der Waals surface area contributed by atoms with Crippen molar-refractivity contribution in [3.8, 4) is 0 Å². The van der Waals surface area contributed by atoms with Crippen LogP contribution in [0.3, 0.4) is 0 Å². The van der Waals surface area contributed by atoms with Gasteiger partial charge in [-0.25, -0.2) is 14.6 Å². The summed E-state index contributed by atoms with van der Waals surface area (Å²) in [4.78, 5) is 44.4. The molecule has 2 aliphatic heterocycles. The lowest BCUT2D eigenvalue weighted by molar-refractivity contribution is -0.167. The van der Waals surface area contributed by atoms with Crippen LogP contribution in [0.4, 0.5) is 5.95 Å². The summed E-state index contributed by atoms with van der Waals surface area (Å²) in [5, 5.41) is 21.1. The van der Waals surface area contributed by atoms with Crippen molar-refractivity contribution in [1.82, 2.24) is 9.97 Å². The number of hydrogen-bond donors (Lipinski definition) is 4. The predicted octanol–water partition coefficient (Wildman–Crippen LogP) is 1.62. The highest BCUT2D eigenvalue weighted by Crippen LogP contribution is 2.65. The number of aromatic amines is 1. The van der Waals surface area contributed by atoms with Gasteiger partial charge in [0.25, 0.3) is 5.56 Å². The number of epoxide rings is 1. The van der Waals surface area contributed by atoms with Gasteiger partial charge in [0.1, 0.15) is 11.3 Å². The monoisotopic (exact) mass is 541 g/mol. The van der Waals surface area contributed by atoms with E-state index in [2.05, 4.69) is 16.9 Å². The maximum absolute atomic E-state index is 12.9. The first-order valence-corrected chi connectivity index (χ1v) is 13.3. The summed E-state index contributed by atoms with van der Waals surface area (Å²) >= 11 is 0. The number of rotatable bonds is 6. The van der Waals surface area contributed by atoms with Gasteiger partial charge in [-0.3, -0.25) is 9.78 Å². The molecule has 1 spiro atoms. The first-order chi connectivity index (χ1) is 18.5. The van der Waals surface area contributed by atoms with E-state index in [1.807, 2.05) is 13.0 Å². The molecule has 0 amide bonds. The van der Waals surface area contributed by atoms with E-state index in [4.69, 9.17) is 19.9 Å². The minimum absolute atomic E-state index is 0.0469. The minimum atomic E-state index is -0.837. The van der Waals surface area contributed by atoms with Crippen molar-refractivity contribution in [3.63, 3.8) is 0 Å². The first kappa shape index (κ1) is 27.3. The number of aliphatic hydroxyl groups excluding tert-OH is 2. The summed E-state index contributed by atoms with van der Waals surface area (Å²) in [6.45, 7) is 6.30. The number of nitrogens with one attached hydrogen (secondary N) is 1. The van der Waals surface area contributed by atoms with Crippen molar-refractivity contribution in [2.75, 3.05) is 25.6 Å². The van der Waals surface area contributed by atoms with Gasteiger partial charge in [-0.2, -0.15) is 0 Å². The number of nitrogens with two attached hydrogens (primary N) is 1. The Morgan fingerprint density at radius 3 is 2.69 bits per heavy atom. The van der Waals surface area contributed by atoms with Crippen molar-refractivity contribution in [3.05, 3.63) is 51.7 Å². The third-order valence-electron chi connectivity index (χ3n) is 9.31. The summed E-state index contributed by atoms with van der Waals surface area (Å²) < 4.78 is 16.6. The number of allylic oxidation sites excluding steroid dienone is 1. The smallest absolute Gasteiger partial charge is 0.343 e. The van der Waals surface area contributed by atoms with Crippen LogP contribution in [0.5, 0.6) is 0 Å². The highest BCUT2D eigenvalue weighted by atomic mass is 16.6. The second-order valence-electron chi connectivity index (χ2n) is 11.5. The quantitative estimate of drug-likeness (QED) is 0.235. The lowest BCUT2D eigenvalue weighted by atomic mass is 9.45. The molecule has 2 aliphatic carbocycles. The molecule has 6 atom stereocenters. The third kappa shape index (κ3) is 4.42. The van der Waals surface area contributed by atoms with Gasteiger partial charge in [-0.15, -0.1) is 0 Å².